The number of para-hydroxylation sites is 1. The van der Waals surface area contributed by atoms with Crippen LogP contribution in [-0.2, 0) is 6.54 Å². The summed E-state index contributed by atoms with van der Waals surface area (Å²) in [6.45, 7) is 8.45. The second kappa shape index (κ2) is 8.37. The highest BCUT2D eigenvalue weighted by Gasteiger charge is 2.22. The maximum atomic E-state index is 5.91. The van der Waals surface area contributed by atoms with E-state index in [9.17, 15) is 0 Å². The molecule has 2 N–H and O–H groups in total. The van der Waals surface area contributed by atoms with E-state index >= 15 is 0 Å². The number of benzene rings is 1. The molecule has 1 aromatic rings. The largest absolute Gasteiger partial charge is 0.496 e. The van der Waals surface area contributed by atoms with Crippen LogP contribution in [0.3, 0.4) is 0 Å². The summed E-state index contributed by atoms with van der Waals surface area (Å²) >= 11 is 0. The first kappa shape index (κ1) is 16.3. The summed E-state index contributed by atoms with van der Waals surface area (Å²) in [5, 5.41) is 0. The van der Waals surface area contributed by atoms with E-state index in [0.29, 0.717) is 6.04 Å². The van der Waals surface area contributed by atoms with Crippen molar-refractivity contribution >= 4 is 0 Å². The van der Waals surface area contributed by atoms with Crippen molar-refractivity contribution in [3.8, 4) is 5.75 Å². The third kappa shape index (κ3) is 4.43. The first-order valence-corrected chi connectivity index (χ1v) is 8.06. The zero-order chi connectivity index (χ0) is 15.1. The molecule has 0 saturated carbocycles. The molecule has 4 heteroatoms. The molecule has 0 amide bonds. The highest BCUT2D eigenvalue weighted by atomic mass is 16.5. The number of rotatable bonds is 7. The van der Waals surface area contributed by atoms with Crippen LogP contribution in [0.1, 0.15) is 25.3 Å². The molecule has 1 heterocycles. The number of nitrogens with two attached hydrogens (primary N) is 1. The quantitative estimate of drug-likeness (QED) is 0.833. The summed E-state index contributed by atoms with van der Waals surface area (Å²) < 4.78 is 5.44. The molecule has 0 aromatic heterocycles. The normalized spacial score (nSPS) is 18.6. The van der Waals surface area contributed by atoms with Crippen LogP contribution in [0.2, 0.25) is 0 Å². The minimum atomic E-state index is 0.559. The van der Waals surface area contributed by atoms with Crippen molar-refractivity contribution in [3.05, 3.63) is 29.8 Å². The summed E-state index contributed by atoms with van der Waals surface area (Å²) in [7, 11) is 1.74. The lowest BCUT2D eigenvalue weighted by molar-refractivity contribution is 0.0900. The Labute approximate surface area is 128 Å². The Bertz CT molecular complexity index is 416. The number of methoxy groups -OCH3 is 1. The fraction of sp³-hybridized carbons (Fsp3) is 0.647. The molecule has 0 spiro atoms. The van der Waals surface area contributed by atoms with E-state index in [2.05, 4.69) is 28.9 Å². The minimum Gasteiger partial charge on any atom is -0.496 e. The molecule has 1 aliphatic rings. The van der Waals surface area contributed by atoms with Gasteiger partial charge in [-0.15, -0.1) is 0 Å². The lowest BCUT2D eigenvalue weighted by Crippen LogP contribution is -2.52. The molecule has 1 fully saturated rings. The van der Waals surface area contributed by atoms with Crippen LogP contribution in [-0.4, -0.2) is 55.7 Å². The Hall–Kier alpha value is -1.10. The van der Waals surface area contributed by atoms with Gasteiger partial charge >= 0.3 is 0 Å². The Morgan fingerprint density at radius 2 is 1.90 bits per heavy atom. The molecule has 1 atom stereocenters. The van der Waals surface area contributed by atoms with E-state index in [1.165, 1.54) is 18.4 Å². The number of ether oxygens (including phenoxy) is 1. The van der Waals surface area contributed by atoms with Crippen molar-refractivity contribution in [2.75, 3.05) is 39.8 Å². The summed E-state index contributed by atoms with van der Waals surface area (Å²) in [6.07, 6.45) is 2.42. The van der Waals surface area contributed by atoms with Crippen LogP contribution in [0.4, 0.5) is 0 Å². The third-order valence-electron chi connectivity index (χ3n) is 4.40. The highest BCUT2D eigenvalue weighted by molar-refractivity contribution is 5.33. The van der Waals surface area contributed by atoms with Gasteiger partial charge in [-0.2, -0.15) is 0 Å². The van der Waals surface area contributed by atoms with Crippen LogP contribution in [0.15, 0.2) is 24.3 Å². The second-order valence-corrected chi connectivity index (χ2v) is 5.80. The molecule has 1 aromatic carbocycles. The molecule has 118 valence electrons. The molecule has 1 aliphatic heterocycles. The van der Waals surface area contributed by atoms with Gasteiger partial charge in [0.05, 0.1) is 7.11 Å². The van der Waals surface area contributed by atoms with Crippen molar-refractivity contribution in [3.63, 3.8) is 0 Å². The Morgan fingerprint density at radius 3 is 2.52 bits per heavy atom. The highest BCUT2D eigenvalue weighted by Crippen LogP contribution is 2.20. The van der Waals surface area contributed by atoms with Crippen molar-refractivity contribution in [2.45, 2.75) is 32.4 Å². The lowest BCUT2D eigenvalue weighted by Gasteiger charge is -2.39. The van der Waals surface area contributed by atoms with Gasteiger partial charge < -0.3 is 10.5 Å². The summed E-state index contributed by atoms with van der Waals surface area (Å²) in [4.78, 5) is 5.07. The summed E-state index contributed by atoms with van der Waals surface area (Å²) in [5.74, 6) is 0.991. The second-order valence-electron chi connectivity index (χ2n) is 5.80. The van der Waals surface area contributed by atoms with Gasteiger partial charge in [-0.3, -0.25) is 9.80 Å². The maximum Gasteiger partial charge on any atom is 0.123 e. The number of hydrogen-bond acceptors (Lipinski definition) is 4. The van der Waals surface area contributed by atoms with Crippen LogP contribution in [0, 0.1) is 0 Å². The van der Waals surface area contributed by atoms with Crippen LogP contribution in [0.25, 0.3) is 0 Å². The molecule has 0 bridgehead atoms. The molecule has 0 aliphatic carbocycles. The first-order valence-electron chi connectivity index (χ1n) is 8.06. The number of piperazine rings is 1. The van der Waals surface area contributed by atoms with Gasteiger partial charge in [-0.05, 0) is 12.5 Å². The molecule has 21 heavy (non-hydrogen) atoms. The van der Waals surface area contributed by atoms with Crippen LogP contribution >= 0.6 is 0 Å². The van der Waals surface area contributed by atoms with Gasteiger partial charge in [0.2, 0.25) is 0 Å². The zero-order valence-corrected chi connectivity index (χ0v) is 13.4. The predicted octanol–water partition coefficient (Wildman–Crippen LogP) is 1.94. The Balaban J connectivity index is 1.86. The Kier molecular flexibility index (Phi) is 6.49. The monoisotopic (exact) mass is 291 g/mol. The molecule has 0 radical (unpaired) electrons. The van der Waals surface area contributed by atoms with E-state index in [1.54, 1.807) is 7.11 Å². The third-order valence-corrected chi connectivity index (χ3v) is 4.40. The average Bonchev–Trinajstić information content (AvgIpc) is 2.54. The van der Waals surface area contributed by atoms with E-state index in [1.807, 2.05) is 12.1 Å². The fourth-order valence-electron chi connectivity index (χ4n) is 3.14. The van der Waals surface area contributed by atoms with Gasteiger partial charge in [0.25, 0.3) is 0 Å². The van der Waals surface area contributed by atoms with Crippen molar-refractivity contribution in [1.82, 2.24) is 9.80 Å². The van der Waals surface area contributed by atoms with Gasteiger partial charge in [-0.25, -0.2) is 0 Å². The SMILES string of the molecule is CCCC(CN)N1CCN(Cc2ccccc2OC)CC1. The molecule has 2 rings (SSSR count). The molecule has 1 saturated heterocycles. The fourth-order valence-corrected chi connectivity index (χ4v) is 3.14. The predicted molar refractivity (Wildman–Crippen MR) is 87.6 cm³/mol. The topological polar surface area (TPSA) is 41.7 Å². The van der Waals surface area contributed by atoms with E-state index in [-0.39, 0.29) is 0 Å². The zero-order valence-electron chi connectivity index (χ0n) is 13.4. The van der Waals surface area contributed by atoms with Crippen molar-refractivity contribution in [1.29, 1.82) is 0 Å². The Morgan fingerprint density at radius 1 is 1.19 bits per heavy atom. The summed E-state index contributed by atoms with van der Waals surface area (Å²) in [6, 6.07) is 8.86. The van der Waals surface area contributed by atoms with Gasteiger partial charge in [0.15, 0.2) is 0 Å². The summed E-state index contributed by atoms with van der Waals surface area (Å²) in [5.41, 5.74) is 7.19. The van der Waals surface area contributed by atoms with E-state index in [4.69, 9.17) is 10.5 Å². The number of hydrogen-bond donors (Lipinski definition) is 1. The van der Waals surface area contributed by atoms with Crippen LogP contribution in [0.5, 0.6) is 5.75 Å². The molecular formula is C17H29N3O. The van der Waals surface area contributed by atoms with Crippen molar-refractivity contribution in [2.24, 2.45) is 5.73 Å². The first-order chi connectivity index (χ1) is 10.3. The van der Waals surface area contributed by atoms with Gasteiger partial charge in [0.1, 0.15) is 5.75 Å². The molecule has 1 unspecified atom stereocenters. The van der Waals surface area contributed by atoms with E-state index < -0.39 is 0 Å². The smallest absolute Gasteiger partial charge is 0.123 e. The van der Waals surface area contributed by atoms with Crippen LogP contribution < -0.4 is 10.5 Å². The maximum absolute atomic E-state index is 5.91. The minimum absolute atomic E-state index is 0.559. The van der Waals surface area contributed by atoms with Crippen molar-refractivity contribution < 1.29 is 4.74 Å². The number of nitrogens with zero attached hydrogens (tertiary/aromatic N) is 2. The lowest BCUT2D eigenvalue weighted by atomic mass is 10.1. The standard InChI is InChI=1S/C17H29N3O/c1-3-6-16(13-18)20-11-9-19(10-12-20)14-15-7-4-5-8-17(15)21-2/h4-5,7-8,16H,3,6,9-14,18H2,1-2H3. The van der Waals surface area contributed by atoms with Gasteiger partial charge in [0, 0.05) is 50.9 Å². The molecule has 4 nitrogen and oxygen atoms in total. The average molecular weight is 291 g/mol. The van der Waals surface area contributed by atoms with Gasteiger partial charge in [-0.1, -0.05) is 31.5 Å². The van der Waals surface area contributed by atoms with E-state index in [0.717, 1.165) is 45.0 Å². The molecular weight excluding hydrogens is 262 g/mol.